The Balaban J connectivity index is 2.42. The van der Waals surface area contributed by atoms with Gasteiger partial charge in [0, 0.05) is 6.42 Å². The minimum absolute atomic E-state index is 0.105. The zero-order chi connectivity index (χ0) is 21.2. The number of hydrogen-bond acceptors (Lipinski definition) is 2. The summed E-state index contributed by atoms with van der Waals surface area (Å²) in [5.74, 6) is -0.427. The standard InChI is InChI=1S/C25H40O3/c1-20(26)18-24(2,3)16-10-8-14-21-12-6-7-13-22(21)15-9-11-17-25(4,5)19-23(27)28/h6-7,12-13H,8-11,14-19H2,1-5H3,(H,27,28). The monoisotopic (exact) mass is 388 g/mol. The molecule has 158 valence electrons. The second-order valence-electron chi connectivity index (χ2n) is 9.96. The quantitative estimate of drug-likeness (QED) is 0.364. The Kier molecular flexibility index (Phi) is 9.92. The third kappa shape index (κ3) is 10.6. The number of benzene rings is 1. The predicted octanol–water partition coefficient (Wildman–Crippen LogP) is 6.62. The molecule has 0 spiro atoms. The smallest absolute Gasteiger partial charge is 0.303 e. The lowest BCUT2D eigenvalue weighted by Gasteiger charge is -2.23. The molecule has 0 heterocycles. The lowest BCUT2D eigenvalue weighted by atomic mass is 9.82. The minimum atomic E-state index is -0.707. The predicted molar refractivity (Wildman–Crippen MR) is 117 cm³/mol. The number of carbonyl (C=O) groups is 2. The summed E-state index contributed by atoms with van der Waals surface area (Å²) in [4.78, 5) is 22.3. The van der Waals surface area contributed by atoms with Gasteiger partial charge in [0.2, 0.25) is 0 Å². The average Bonchev–Trinajstić information content (AvgIpc) is 2.54. The summed E-state index contributed by atoms with van der Waals surface area (Å²) in [5.41, 5.74) is 2.85. The largest absolute Gasteiger partial charge is 0.481 e. The second-order valence-corrected chi connectivity index (χ2v) is 9.96. The number of Topliss-reactive ketones (excluding diaryl/α,β-unsaturated/α-hetero) is 1. The lowest BCUT2D eigenvalue weighted by molar-refractivity contribution is -0.139. The van der Waals surface area contributed by atoms with Gasteiger partial charge in [-0.1, -0.05) is 64.8 Å². The van der Waals surface area contributed by atoms with Crippen LogP contribution in [0.15, 0.2) is 24.3 Å². The summed E-state index contributed by atoms with van der Waals surface area (Å²) in [6.45, 7) is 10.1. The first-order valence-corrected chi connectivity index (χ1v) is 10.8. The van der Waals surface area contributed by atoms with Crippen molar-refractivity contribution in [2.45, 2.75) is 98.8 Å². The van der Waals surface area contributed by atoms with Gasteiger partial charge in [-0.05, 0) is 67.4 Å². The fourth-order valence-corrected chi connectivity index (χ4v) is 4.14. The van der Waals surface area contributed by atoms with E-state index in [4.69, 9.17) is 5.11 Å². The molecule has 1 rings (SSSR count). The highest BCUT2D eigenvalue weighted by atomic mass is 16.4. The molecule has 0 unspecified atom stereocenters. The van der Waals surface area contributed by atoms with Gasteiger partial charge in [-0.3, -0.25) is 4.79 Å². The zero-order valence-electron chi connectivity index (χ0n) is 18.6. The van der Waals surface area contributed by atoms with E-state index in [9.17, 15) is 9.59 Å². The maximum atomic E-state index is 11.4. The van der Waals surface area contributed by atoms with Crippen molar-refractivity contribution in [1.29, 1.82) is 0 Å². The van der Waals surface area contributed by atoms with E-state index in [0.29, 0.717) is 6.42 Å². The normalized spacial score (nSPS) is 12.2. The number of carboxylic acids is 1. The van der Waals surface area contributed by atoms with Crippen molar-refractivity contribution >= 4 is 11.8 Å². The summed E-state index contributed by atoms with van der Waals surface area (Å²) >= 11 is 0. The number of unbranched alkanes of at least 4 members (excludes halogenated alkanes) is 2. The van der Waals surface area contributed by atoms with Gasteiger partial charge >= 0.3 is 5.97 Å². The molecule has 3 nitrogen and oxygen atoms in total. The van der Waals surface area contributed by atoms with E-state index in [2.05, 4.69) is 38.1 Å². The highest BCUT2D eigenvalue weighted by Gasteiger charge is 2.21. The van der Waals surface area contributed by atoms with E-state index in [0.717, 1.165) is 51.4 Å². The van der Waals surface area contributed by atoms with Crippen LogP contribution >= 0.6 is 0 Å². The van der Waals surface area contributed by atoms with Crippen molar-refractivity contribution in [1.82, 2.24) is 0 Å². The number of carbonyl (C=O) groups excluding carboxylic acids is 1. The van der Waals surface area contributed by atoms with Crippen LogP contribution in [0, 0.1) is 10.8 Å². The van der Waals surface area contributed by atoms with Gasteiger partial charge in [-0.25, -0.2) is 0 Å². The van der Waals surface area contributed by atoms with Crippen LogP contribution in [0.4, 0.5) is 0 Å². The van der Waals surface area contributed by atoms with Crippen LogP contribution in [0.1, 0.15) is 97.1 Å². The number of aryl methyl sites for hydroxylation is 2. The van der Waals surface area contributed by atoms with Crippen LogP contribution in [-0.4, -0.2) is 16.9 Å². The molecule has 0 saturated carbocycles. The van der Waals surface area contributed by atoms with E-state index in [1.807, 2.05) is 13.8 Å². The summed E-state index contributed by atoms with van der Waals surface area (Å²) in [6.07, 6.45) is 9.58. The lowest BCUT2D eigenvalue weighted by Crippen LogP contribution is -2.16. The third-order valence-electron chi connectivity index (χ3n) is 5.58. The van der Waals surface area contributed by atoms with E-state index in [-0.39, 0.29) is 23.0 Å². The first-order chi connectivity index (χ1) is 13.0. The van der Waals surface area contributed by atoms with Crippen LogP contribution in [0.5, 0.6) is 0 Å². The SMILES string of the molecule is CC(=O)CC(C)(C)CCCCc1ccccc1CCCCC(C)(C)CC(=O)O. The van der Waals surface area contributed by atoms with Gasteiger partial charge in [-0.2, -0.15) is 0 Å². The molecule has 0 aliphatic rings. The van der Waals surface area contributed by atoms with Crippen molar-refractivity contribution in [2.75, 3.05) is 0 Å². The van der Waals surface area contributed by atoms with Gasteiger partial charge in [-0.15, -0.1) is 0 Å². The number of hydrogen-bond donors (Lipinski definition) is 1. The molecule has 3 heteroatoms. The maximum absolute atomic E-state index is 11.4. The summed E-state index contributed by atoms with van der Waals surface area (Å²) in [5, 5.41) is 9.00. The molecule has 0 aromatic heterocycles. The fraction of sp³-hybridized carbons (Fsp3) is 0.680. The molecule has 0 amide bonds. The molecule has 0 bridgehead atoms. The molecule has 0 atom stereocenters. The van der Waals surface area contributed by atoms with Crippen LogP contribution < -0.4 is 0 Å². The average molecular weight is 389 g/mol. The van der Waals surface area contributed by atoms with Gasteiger partial charge < -0.3 is 9.90 Å². The van der Waals surface area contributed by atoms with Crippen LogP contribution in [0.3, 0.4) is 0 Å². The van der Waals surface area contributed by atoms with Crippen LogP contribution in [0.25, 0.3) is 0 Å². The Hall–Kier alpha value is -1.64. The van der Waals surface area contributed by atoms with Crippen molar-refractivity contribution in [3.8, 4) is 0 Å². The Labute approximate surface area is 171 Å². The molecule has 1 N–H and O–H groups in total. The Morgan fingerprint density at radius 3 is 1.61 bits per heavy atom. The van der Waals surface area contributed by atoms with Crippen molar-refractivity contribution < 1.29 is 14.7 Å². The topological polar surface area (TPSA) is 54.4 Å². The first kappa shape index (κ1) is 24.4. The van der Waals surface area contributed by atoms with E-state index in [1.54, 1.807) is 6.92 Å². The molecule has 0 aliphatic carbocycles. The summed E-state index contributed by atoms with van der Waals surface area (Å²) in [7, 11) is 0. The molecular formula is C25H40O3. The molecule has 1 aromatic rings. The molecule has 0 aliphatic heterocycles. The molecule has 0 saturated heterocycles. The highest BCUT2D eigenvalue weighted by molar-refractivity contribution is 5.76. The minimum Gasteiger partial charge on any atom is -0.481 e. The van der Waals surface area contributed by atoms with E-state index < -0.39 is 5.97 Å². The number of aliphatic carboxylic acids is 1. The highest BCUT2D eigenvalue weighted by Crippen LogP contribution is 2.29. The van der Waals surface area contributed by atoms with Crippen LogP contribution in [-0.2, 0) is 22.4 Å². The van der Waals surface area contributed by atoms with Gasteiger partial charge in [0.05, 0.1) is 6.42 Å². The van der Waals surface area contributed by atoms with Crippen molar-refractivity contribution in [2.24, 2.45) is 10.8 Å². The molecule has 0 radical (unpaired) electrons. The molecule has 28 heavy (non-hydrogen) atoms. The van der Waals surface area contributed by atoms with Crippen molar-refractivity contribution in [3.63, 3.8) is 0 Å². The first-order valence-electron chi connectivity index (χ1n) is 10.8. The van der Waals surface area contributed by atoms with Gasteiger partial charge in [0.25, 0.3) is 0 Å². The van der Waals surface area contributed by atoms with E-state index >= 15 is 0 Å². The third-order valence-corrected chi connectivity index (χ3v) is 5.58. The Morgan fingerprint density at radius 2 is 1.21 bits per heavy atom. The zero-order valence-corrected chi connectivity index (χ0v) is 18.6. The fourth-order valence-electron chi connectivity index (χ4n) is 4.14. The summed E-state index contributed by atoms with van der Waals surface area (Å²) < 4.78 is 0. The second kappa shape index (κ2) is 11.4. The molecular weight excluding hydrogens is 348 g/mol. The Morgan fingerprint density at radius 1 is 0.786 bits per heavy atom. The summed E-state index contributed by atoms with van der Waals surface area (Å²) in [6, 6.07) is 8.71. The van der Waals surface area contributed by atoms with Crippen molar-refractivity contribution in [3.05, 3.63) is 35.4 Å². The van der Waals surface area contributed by atoms with Gasteiger partial charge in [0.15, 0.2) is 0 Å². The molecule has 1 aromatic carbocycles. The number of ketones is 1. The number of rotatable bonds is 14. The number of carboxylic acid groups (broad SMARTS) is 1. The molecule has 0 fully saturated rings. The van der Waals surface area contributed by atoms with Gasteiger partial charge in [0.1, 0.15) is 5.78 Å². The van der Waals surface area contributed by atoms with Crippen LogP contribution in [0.2, 0.25) is 0 Å². The van der Waals surface area contributed by atoms with E-state index in [1.165, 1.54) is 11.1 Å². The Bertz CT molecular complexity index is 573. The maximum Gasteiger partial charge on any atom is 0.303 e.